The summed E-state index contributed by atoms with van der Waals surface area (Å²) in [6.45, 7) is 1.14. The molecule has 1 aliphatic heterocycles. The average molecular weight is 288 g/mol. The molecule has 1 saturated heterocycles. The molecule has 2 atom stereocenters. The fraction of sp³-hybridized carbons (Fsp3) is 0.462. The Kier molecular flexibility index (Phi) is 4.74. The predicted octanol–water partition coefficient (Wildman–Crippen LogP) is 2.37. The summed E-state index contributed by atoms with van der Waals surface area (Å²) in [5.74, 6) is -1.68. The van der Waals surface area contributed by atoms with E-state index in [-0.39, 0.29) is 11.1 Å². The van der Waals surface area contributed by atoms with Crippen LogP contribution in [-0.4, -0.2) is 30.3 Å². The molecule has 1 aromatic carbocycles. The van der Waals surface area contributed by atoms with Gasteiger partial charge in [-0.3, -0.25) is 10.1 Å². The summed E-state index contributed by atoms with van der Waals surface area (Å²) in [6.07, 6.45) is 1.92. The molecule has 6 heteroatoms. The highest BCUT2D eigenvalue weighted by molar-refractivity contribution is 6.30. The molecule has 0 bridgehead atoms. The number of hydrogen-bond acceptors (Lipinski definition) is 3. The van der Waals surface area contributed by atoms with Crippen molar-refractivity contribution < 1.29 is 19.0 Å². The minimum Gasteiger partial charge on any atom is -0.480 e. The second kappa shape index (κ2) is 6.32. The summed E-state index contributed by atoms with van der Waals surface area (Å²) >= 11 is 5.58. The van der Waals surface area contributed by atoms with Gasteiger partial charge in [0, 0.05) is 13.2 Å². The fourth-order valence-corrected chi connectivity index (χ4v) is 2.21. The Morgan fingerprint density at radius 3 is 3.00 bits per heavy atom. The van der Waals surface area contributed by atoms with Gasteiger partial charge in [-0.15, -0.1) is 0 Å². The molecular weight excluding hydrogens is 273 g/mol. The molecule has 0 amide bonds. The fourth-order valence-electron chi connectivity index (χ4n) is 2.09. The molecule has 104 valence electrons. The third-order valence-corrected chi connectivity index (χ3v) is 3.40. The topological polar surface area (TPSA) is 58.6 Å². The van der Waals surface area contributed by atoms with Gasteiger partial charge in [-0.05, 0) is 30.5 Å². The van der Waals surface area contributed by atoms with E-state index in [4.69, 9.17) is 16.3 Å². The zero-order chi connectivity index (χ0) is 13.8. The van der Waals surface area contributed by atoms with Gasteiger partial charge < -0.3 is 9.84 Å². The zero-order valence-corrected chi connectivity index (χ0v) is 11.0. The van der Waals surface area contributed by atoms with Gasteiger partial charge in [-0.2, -0.15) is 0 Å². The SMILES string of the molecule is O=C(O)C(NCC1CCCO1)c1ccc(Cl)c(F)c1. The molecule has 2 rings (SSSR count). The van der Waals surface area contributed by atoms with E-state index in [0.29, 0.717) is 18.7 Å². The number of halogens is 2. The van der Waals surface area contributed by atoms with Gasteiger partial charge in [0.25, 0.3) is 0 Å². The summed E-state index contributed by atoms with van der Waals surface area (Å²) in [7, 11) is 0. The lowest BCUT2D eigenvalue weighted by atomic mass is 10.1. The van der Waals surface area contributed by atoms with Gasteiger partial charge in [-0.25, -0.2) is 4.39 Å². The standard InChI is InChI=1S/C13H15ClFNO3/c14-10-4-3-8(6-11(10)15)12(13(17)18)16-7-9-2-1-5-19-9/h3-4,6,9,12,16H,1-2,5,7H2,(H,17,18). The Morgan fingerprint density at radius 2 is 2.42 bits per heavy atom. The molecule has 1 fully saturated rings. The van der Waals surface area contributed by atoms with Crippen LogP contribution in [0.25, 0.3) is 0 Å². The van der Waals surface area contributed by atoms with E-state index in [0.717, 1.165) is 18.9 Å². The van der Waals surface area contributed by atoms with Gasteiger partial charge in [0.15, 0.2) is 0 Å². The van der Waals surface area contributed by atoms with Crippen LogP contribution in [0.4, 0.5) is 4.39 Å². The van der Waals surface area contributed by atoms with Crippen molar-refractivity contribution in [3.63, 3.8) is 0 Å². The van der Waals surface area contributed by atoms with Crippen LogP contribution in [0.15, 0.2) is 18.2 Å². The number of carboxylic acid groups (broad SMARTS) is 1. The molecule has 0 saturated carbocycles. The van der Waals surface area contributed by atoms with E-state index in [1.165, 1.54) is 12.1 Å². The zero-order valence-electron chi connectivity index (χ0n) is 10.2. The van der Waals surface area contributed by atoms with Gasteiger partial charge in [0.1, 0.15) is 11.9 Å². The van der Waals surface area contributed by atoms with Gasteiger partial charge >= 0.3 is 5.97 Å². The van der Waals surface area contributed by atoms with Crippen molar-refractivity contribution in [2.45, 2.75) is 25.0 Å². The van der Waals surface area contributed by atoms with Gasteiger partial charge in [-0.1, -0.05) is 17.7 Å². The molecule has 1 heterocycles. The number of rotatable bonds is 5. The minimum atomic E-state index is -1.06. The lowest BCUT2D eigenvalue weighted by Crippen LogP contribution is -2.34. The number of benzene rings is 1. The number of ether oxygens (including phenoxy) is 1. The van der Waals surface area contributed by atoms with E-state index in [2.05, 4.69) is 5.32 Å². The first-order valence-corrected chi connectivity index (χ1v) is 6.48. The Morgan fingerprint density at radius 1 is 1.63 bits per heavy atom. The van der Waals surface area contributed by atoms with Crippen molar-refractivity contribution in [3.05, 3.63) is 34.6 Å². The van der Waals surface area contributed by atoms with Crippen LogP contribution in [0, 0.1) is 5.82 Å². The summed E-state index contributed by atoms with van der Waals surface area (Å²) in [4.78, 5) is 11.2. The Labute approximate surface area is 115 Å². The van der Waals surface area contributed by atoms with Crippen molar-refractivity contribution in [2.75, 3.05) is 13.2 Å². The highest BCUT2D eigenvalue weighted by Gasteiger charge is 2.23. The molecule has 0 spiro atoms. The van der Waals surface area contributed by atoms with Crippen molar-refractivity contribution >= 4 is 17.6 Å². The summed E-state index contributed by atoms with van der Waals surface area (Å²) in [5.41, 5.74) is 0.340. The maximum absolute atomic E-state index is 13.4. The number of aliphatic carboxylic acids is 1. The van der Waals surface area contributed by atoms with Crippen molar-refractivity contribution in [3.8, 4) is 0 Å². The van der Waals surface area contributed by atoms with Crippen LogP contribution in [0.5, 0.6) is 0 Å². The lowest BCUT2D eigenvalue weighted by Gasteiger charge is -2.17. The Hall–Kier alpha value is -1.17. The quantitative estimate of drug-likeness (QED) is 0.873. The minimum absolute atomic E-state index is 0.0213. The highest BCUT2D eigenvalue weighted by atomic mass is 35.5. The number of nitrogens with one attached hydrogen (secondary N) is 1. The number of hydrogen-bond donors (Lipinski definition) is 2. The van der Waals surface area contributed by atoms with Crippen LogP contribution in [0.2, 0.25) is 5.02 Å². The first kappa shape index (κ1) is 14.2. The monoisotopic (exact) mass is 287 g/mol. The first-order valence-electron chi connectivity index (χ1n) is 6.10. The third kappa shape index (κ3) is 3.65. The average Bonchev–Trinajstić information content (AvgIpc) is 2.86. The van der Waals surface area contributed by atoms with Gasteiger partial charge in [0.05, 0.1) is 11.1 Å². The van der Waals surface area contributed by atoms with E-state index < -0.39 is 17.8 Å². The van der Waals surface area contributed by atoms with Crippen LogP contribution in [0.3, 0.4) is 0 Å². The normalized spacial score (nSPS) is 20.4. The molecule has 4 nitrogen and oxygen atoms in total. The van der Waals surface area contributed by atoms with E-state index in [1.54, 1.807) is 0 Å². The van der Waals surface area contributed by atoms with Crippen molar-refractivity contribution in [1.29, 1.82) is 0 Å². The number of carboxylic acids is 1. The van der Waals surface area contributed by atoms with Crippen LogP contribution in [0.1, 0.15) is 24.4 Å². The predicted molar refractivity (Wildman–Crippen MR) is 68.8 cm³/mol. The van der Waals surface area contributed by atoms with Crippen LogP contribution >= 0.6 is 11.6 Å². The summed E-state index contributed by atoms with van der Waals surface area (Å²) in [6, 6.07) is 3.04. The second-order valence-electron chi connectivity index (χ2n) is 4.49. The van der Waals surface area contributed by atoms with Crippen molar-refractivity contribution in [2.24, 2.45) is 0 Å². The summed E-state index contributed by atoms with van der Waals surface area (Å²) in [5, 5.41) is 12.1. The third-order valence-electron chi connectivity index (χ3n) is 3.10. The summed E-state index contributed by atoms with van der Waals surface area (Å²) < 4.78 is 18.8. The molecular formula is C13H15ClFNO3. The molecule has 0 radical (unpaired) electrons. The molecule has 1 aliphatic rings. The van der Waals surface area contributed by atoms with E-state index in [9.17, 15) is 14.3 Å². The number of carbonyl (C=O) groups is 1. The largest absolute Gasteiger partial charge is 0.480 e. The van der Waals surface area contributed by atoms with Gasteiger partial charge in [0.2, 0.25) is 0 Å². The van der Waals surface area contributed by atoms with Crippen LogP contribution < -0.4 is 5.32 Å². The lowest BCUT2D eigenvalue weighted by molar-refractivity contribution is -0.139. The first-order chi connectivity index (χ1) is 9.08. The van der Waals surface area contributed by atoms with Crippen molar-refractivity contribution in [1.82, 2.24) is 5.32 Å². The molecule has 19 heavy (non-hydrogen) atoms. The maximum atomic E-state index is 13.4. The maximum Gasteiger partial charge on any atom is 0.325 e. The highest BCUT2D eigenvalue weighted by Crippen LogP contribution is 2.21. The molecule has 1 aromatic rings. The second-order valence-corrected chi connectivity index (χ2v) is 4.90. The molecule has 2 unspecified atom stereocenters. The van der Waals surface area contributed by atoms with E-state index >= 15 is 0 Å². The molecule has 2 N–H and O–H groups in total. The molecule has 0 aliphatic carbocycles. The van der Waals surface area contributed by atoms with Crippen LogP contribution in [-0.2, 0) is 9.53 Å². The molecule has 0 aromatic heterocycles. The van der Waals surface area contributed by atoms with E-state index in [1.807, 2.05) is 0 Å². The smallest absolute Gasteiger partial charge is 0.325 e. The Balaban J connectivity index is 2.05. The Bertz CT molecular complexity index is 463.